The van der Waals surface area contributed by atoms with Gasteiger partial charge in [0, 0.05) is 15.9 Å². The zero-order valence-corrected chi connectivity index (χ0v) is 18.2. The first-order valence-electron chi connectivity index (χ1n) is 9.44. The van der Waals surface area contributed by atoms with Crippen molar-refractivity contribution in [1.29, 1.82) is 0 Å². The first kappa shape index (κ1) is 21.7. The Morgan fingerprint density at radius 1 is 0.800 bits per heavy atom. The first-order valence-corrected chi connectivity index (χ1v) is 11.1. The lowest BCUT2D eigenvalue weighted by Crippen LogP contribution is -2.16. The molecule has 3 aromatic rings. The van der Waals surface area contributed by atoms with Crippen molar-refractivity contribution in [2.24, 2.45) is 5.10 Å². The van der Waals surface area contributed by atoms with Crippen LogP contribution in [0.2, 0.25) is 0 Å². The third-order valence-electron chi connectivity index (χ3n) is 3.83. The number of rotatable bonds is 8. The summed E-state index contributed by atoms with van der Waals surface area (Å²) in [6.07, 6.45) is 5.42. The van der Waals surface area contributed by atoms with Gasteiger partial charge in [-0.1, -0.05) is 96.3 Å². The van der Waals surface area contributed by atoms with Gasteiger partial charge in [-0.2, -0.15) is 5.10 Å². The lowest BCUT2D eigenvalue weighted by molar-refractivity contribution is -0.116. The normalized spacial score (nSPS) is 11.3. The fourth-order valence-corrected chi connectivity index (χ4v) is 4.52. The fourth-order valence-electron chi connectivity index (χ4n) is 2.39. The summed E-state index contributed by atoms with van der Waals surface area (Å²) in [4.78, 5) is 14.6. The van der Waals surface area contributed by atoms with Crippen molar-refractivity contribution >= 4 is 41.2 Å². The molecule has 0 unspecified atom stereocenters. The lowest BCUT2D eigenvalue weighted by Gasteiger charge is -2.07. The van der Waals surface area contributed by atoms with E-state index in [1.807, 2.05) is 110 Å². The molecule has 1 amide bonds. The third-order valence-corrected chi connectivity index (χ3v) is 5.99. The largest absolute Gasteiger partial charge is 0.268 e. The highest BCUT2D eigenvalue weighted by Crippen LogP contribution is 2.38. The molecule has 0 aliphatic rings. The molecule has 0 aromatic heterocycles. The summed E-state index contributed by atoms with van der Waals surface area (Å²) >= 11 is 3.11. The van der Waals surface area contributed by atoms with Crippen LogP contribution in [0.5, 0.6) is 0 Å². The molecule has 0 bridgehead atoms. The zero-order chi connectivity index (χ0) is 21.0. The minimum Gasteiger partial charge on any atom is -0.268 e. The van der Waals surface area contributed by atoms with Crippen LogP contribution in [0.4, 0.5) is 0 Å². The molecule has 0 aliphatic carbocycles. The van der Waals surface area contributed by atoms with E-state index in [0.717, 1.165) is 19.6 Å². The minimum absolute atomic E-state index is 0.260. The quantitative estimate of drug-likeness (QED) is 0.189. The highest BCUT2D eigenvalue weighted by molar-refractivity contribution is 8.22. The van der Waals surface area contributed by atoms with Gasteiger partial charge in [-0.3, -0.25) is 4.79 Å². The van der Waals surface area contributed by atoms with Crippen LogP contribution in [0.3, 0.4) is 0 Å². The lowest BCUT2D eigenvalue weighted by atomic mass is 10.2. The van der Waals surface area contributed by atoms with Gasteiger partial charge in [-0.15, -0.1) is 0 Å². The van der Waals surface area contributed by atoms with E-state index in [0.29, 0.717) is 5.71 Å². The Morgan fingerprint density at radius 3 is 1.83 bits per heavy atom. The van der Waals surface area contributed by atoms with Crippen LogP contribution in [0.15, 0.2) is 122 Å². The molecule has 0 radical (unpaired) electrons. The Hall–Kier alpha value is -3.02. The van der Waals surface area contributed by atoms with Crippen LogP contribution in [-0.2, 0) is 4.79 Å². The number of benzene rings is 3. The van der Waals surface area contributed by atoms with Crippen molar-refractivity contribution in [3.63, 3.8) is 0 Å². The predicted molar refractivity (Wildman–Crippen MR) is 129 cm³/mol. The van der Waals surface area contributed by atoms with Gasteiger partial charge >= 0.3 is 0 Å². The van der Waals surface area contributed by atoms with Crippen LogP contribution in [0.25, 0.3) is 6.08 Å². The number of nitrogens with one attached hydrogen (secondary N) is 1. The van der Waals surface area contributed by atoms with E-state index < -0.39 is 0 Å². The number of allylic oxidation sites excluding steroid dienone is 1. The van der Waals surface area contributed by atoms with Crippen molar-refractivity contribution < 1.29 is 4.79 Å². The topological polar surface area (TPSA) is 41.5 Å². The van der Waals surface area contributed by atoms with Gasteiger partial charge in [-0.25, -0.2) is 5.43 Å². The Balaban J connectivity index is 1.68. The Morgan fingerprint density at radius 2 is 1.30 bits per heavy atom. The number of carbonyl (C=O) groups is 1. The smallest absolute Gasteiger partial charge is 0.265 e. The second-order valence-electron chi connectivity index (χ2n) is 6.27. The molecule has 0 saturated carbocycles. The summed E-state index contributed by atoms with van der Waals surface area (Å²) < 4.78 is 0.873. The van der Waals surface area contributed by atoms with Crippen molar-refractivity contribution in [2.45, 2.75) is 16.7 Å². The highest BCUT2D eigenvalue weighted by Gasteiger charge is 2.07. The molecule has 0 saturated heterocycles. The van der Waals surface area contributed by atoms with Crippen LogP contribution in [-0.4, -0.2) is 11.6 Å². The molecule has 3 aromatic carbocycles. The van der Waals surface area contributed by atoms with Gasteiger partial charge in [0.15, 0.2) is 0 Å². The van der Waals surface area contributed by atoms with Gasteiger partial charge in [0.2, 0.25) is 0 Å². The van der Waals surface area contributed by atoms with Crippen molar-refractivity contribution in [3.8, 4) is 0 Å². The molecule has 0 fully saturated rings. The van der Waals surface area contributed by atoms with E-state index >= 15 is 0 Å². The first-order chi connectivity index (χ1) is 14.7. The summed E-state index contributed by atoms with van der Waals surface area (Å²) in [5.41, 5.74) is 4.41. The van der Waals surface area contributed by atoms with Crippen LogP contribution in [0, 0.1) is 0 Å². The van der Waals surface area contributed by atoms with Crippen molar-refractivity contribution in [1.82, 2.24) is 5.43 Å². The average molecular weight is 431 g/mol. The van der Waals surface area contributed by atoms with Gasteiger partial charge in [0.05, 0.1) is 9.95 Å². The van der Waals surface area contributed by atoms with E-state index in [-0.39, 0.29) is 5.91 Å². The average Bonchev–Trinajstić information content (AvgIpc) is 2.78. The number of amides is 1. The number of thioether (sulfide) groups is 2. The van der Waals surface area contributed by atoms with Gasteiger partial charge in [-0.05, 0) is 42.8 Å². The number of hydrogen-bond donors (Lipinski definition) is 1. The molecule has 0 spiro atoms. The van der Waals surface area contributed by atoms with Crippen LogP contribution in [0.1, 0.15) is 12.5 Å². The standard InChI is InChI=1S/C25H22N2OS2/c1-20(17-18-21-11-5-2-6-12-21)26-27-24(28)19-25(29-22-13-7-3-8-14-22)30-23-15-9-4-10-16-23/h2-19H,1H3,(H,27,28)/b18-17+,26-20+. The monoisotopic (exact) mass is 430 g/mol. The summed E-state index contributed by atoms with van der Waals surface area (Å²) in [5.74, 6) is -0.260. The number of hydrogen-bond acceptors (Lipinski definition) is 4. The van der Waals surface area contributed by atoms with Crippen molar-refractivity contribution in [2.75, 3.05) is 0 Å². The molecular formula is C25H22N2OS2. The highest BCUT2D eigenvalue weighted by atomic mass is 32.2. The molecule has 30 heavy (non-hydrogen) atoms. The van der Waals surface area contributed by atoms with Crippen molar-refractivity contribution in [3.05, 3.63) is 113 Å². The third kappa shape index (κ3) is 7.78. The second kappa shape index (κ2) is 11.9. The molecule has 5 heteroatoms. The Kier molecular flexibility index (Phi) is 8.57. The summed E-state index contributed by atoms with van der Waals surface area (Å²) in [5, 5.41) is 4.17. The van der Waals surface area contributed by atoms with Crippen LogP contribution >= 0.6 is 23.5 Å². The molecule has 3 nitrogen and oxygen atoms in total. The van der Waals surface area contributed by atoms with Gasteiger partial charge in [0.25, 0.3) is 5.91 Å². The van der Waals surface area contributed by atoms with E-state index in [1.54, 1.807) is 29.6 Å². The predicted octanol–water partition coefficient (Wildman–Crippen LogP) is 6.62. The Labute approximate surface area is 186 Å². The second-order valence-corrected chi connectivity index (χ2v) is 8.76. The minimum atomic E-state index is -0.260. The molecule has 0 atom stereocenters. The maximum absolute atomic E-state index is 12.5. The van der Waals surface area contributed by atoms with Gasteiger partial charge < -0.3 is 0 Å². The summed E-state index contributed by atoms with van der Waals surface area (Å²) in [6.45, 7) is 1.85. The molecule has 1 N–H and O–H groups in total. The summed E-state index contributed by atoms with van der Waals surface area (Å²) in [6, 6.07) is 30.0. The molecule has 150 valence electrons. The zero-order valence-electron chi connectivity index (χ0n) is 16.6. The maximum Gasteiger partial charge on any atom is 0.265 e. The molecule has 0 heterocycles. The maximum atomic E-state index is 12.5. The number of carbonyl (C=O) groups excluding carboxylic acids is 1. The van der Waals surface area contributed by atoms with E-state index in [4.69, 9.17) is 0 Å². The Bertz CT molecular complexity index is 987. The summed E-state index contributed by atoms with van der Waals surface area (Å²) in [7, 11) is 0. The molecule has 0 aliphatic heterocycles. The fraction of sp³-hybridized carbons (Fsp3) is 0.0400. The van der Waals surface area contributed by atoms with Gasteiger partial charge in [0.1, 0.15) is 0 Å². The van der Waals surface area contributed by atoms with E-state index in [2.05, 4.69) is 10.5 Å². The molecular weight excluding hydrogens is 408 g/mol. The number of hydrazone groups is 1. The van der Waals surface area contributed by atoms with E-state index in [1.165, 1.54) is 0 Å². The SMILES string of the molecule is CC(/C=C/c1ccccc1)=N\NC(=O)C=C(Sc1ccccc1)Sc1ccccc1. The van der Waals surface area contributed by atoms with E-state index in [9.17, 15) is 4.79 Å². The number of nitrogens with zero attached hydrogens (tertiary/aromatic N) is 1. The molecule has 3 rings (SSSR count). The van der Waals surface area contributed by atoms with Crippen LogP contribution < -0.4 is 5.43 Å².